The number of rotatable bonds is 4. The first-order valence-electron chi connectivity index (χ1n) is 7.64. The minimum absolute atomic E-state index is 0.908. The second kappa shape index (κ2) is 5.24. The molecule has 16 heavy (non-hydrogen) atoms. The SMILES string of the molecule is CCCC1CCC([Si](C)(C)C2CCCC2)C1. The zero-order chi connectivity index (χ0) is 11.6. The first-order valence-corrected chi connectivity index (χ1v) is 10.8. The van der Waals surface area contributed by atoms with Gasteiger partial charge in [-0.25, -0.2) is 0 Å². The van der Waals surface area contributed by atoms with Crippen LogP contribution in [0.3, 0.4) is 0 Å². The van der Waals surface area contributed by atoms with Gasteiger partial charge in [0, 0.05) is 0 Å². The predicted octanol–water partition coefficient (Wildman–Crippen LogP) is 5.61. The van der Waals surface area contributed by atoms with Crippen LogP contribution in [-0.2, 0) is 0 Å². The molecule has 0 bridgehead atoms. The minimum atomic E-state index is -0.908. The molecule has 0 aromatic carbocycles. The lowest BCUT2D eigenvalue weighted by Crippen LogP contribution is -2.36. The van der Waals surface area contributed by atoms with Crippen LogP contribution in [0.15, 0.2) is 0 Å². The van der Waals surface area contributed by atoms with Crippen LogP contribution >= 0.6 is 0 Å². The lowest BCUT2D eigenvalue weighted by Gasteiger charge is -2.36. The summed E-state index contributed by atoms with van der Waals surface area (Å²) in [6.45, 7) is 7.77. The molecule has 1 heteroatoms. The van der Waals surface area contributed by atoms with E-state index in [9.17, 15) is 0 Å². The van der Waals surface area contributed by atoms with Crippen molar-refractivity contribution in [2.45, 2.75) is 88.9 Å². The molecule has 0 N–H and O–H groups in total. The summed E-state index contributed by atoms with van der Waals surface area (Å²) in [4.78, 5) is 0. The summed E-state index contributed by atoms with van der Waals surface area (Å²) < 4.78 is 0. The summed E-state index contributed by atoms with van der Waals surface area (Å²) >= 11 is 0. The van der Waals surface area contributed by atoms with Crippen LogP contribution in [0.2, 0.25) is 24.2 Å². The van der Waals surface area contributed by atoms with Crippen LogP contribution in [0.5, 0.6) is 0 Å². The second-order valence-electron chi connectivity index (χ2n) is 6.97. The van der Waals surface area contributed by atoms with Gasteiger partial charge in [0.1, 0.15) is 0 Å². The number of hydrogen-bond donors (Lipinski definition) is 0. The maximum absolute atomic E-state index is 2.71. The molecule has 2 rings (SSSR count). The van der Waals surface area contributed by atoms with Gasteiger partial charge in [-0.3, -0.25) is 0 Å². The Bertz CT molecular complexity index is 215. The molecule has 0 amide bonds. The molecule has 2 atom stereocenters. The molecule has 0 aliphatic heterocycles. The lowest BCUT2D eigenvalue weighted by molar-refractivity contribution is 0.495. The first-order chi connectivity index (χ1) is 7.64. The Morgan fingerprint density at radius 1 is 0.938 bits per heavy atom. The molecule has 0 aromatic rings. The Kier molecular flexibility index (Phi) is 4.15. The summed E-state index contributed by atoms with van der Waals surface area (Å²) in [6, 6.07) is 0. The maximum Gasteiger partial charge on any atom is 0.0536 e. The van der Waals surface area contributed by atoms with Gasteiger partial charge >= 0.3 is 0 Å². The number of hydrogen-bond acceptors (Lipinski definition) is 0. The summed E-state index contributed by atoms with van der Waals surface area (Å²) in [5.41, 5.74) is 2.35. The van der Waals surface area contributed by atoms with Crippen LogP contribution in [0.25, 0.3) is 0 Å². The molecule has 0 nitrogen and oxygen atoms in total. The molecule has 0 aromatic heterocycles. The molecule has 94 valence electrons. The molecular weight excluding hydrogens is 208 g/mol. The molecule has 0 spiro atoms. The van der Waals surface area contributed by atoms with Crippen LogP contribution in [0, 0.1) is 5.92 Å². The molecule has 2 fully saturated rings. The molecule has 0 heterocycles. The highest BCUT2D eigenvalue weighted by Crippen LogP contribution is 2.51. The van der Waals surface area contributed by atoms with Crippen molar-refractivity contribution in [3.05, 3.63) is 0 Å². The van der Waals surface area contributed by atoms with E-state index in [1.807, 2.05) is 0 Å². The topological polar surface area (TPSA) is 0 Å². The van der Waals surface area contributed by atoms with Crippen molar-refractivity contribution < 1.29 is 0 Å². The van der Waals surface area contributed by atoms with Crippen molar-refractivity contribution in [1.29, 1.82) is 0 Å². The van der Waals surface area contributed by atoms with Crippen molar-refractivity contribution in [2.24, 2.45) is 5.92 Å². The molecule has 2 aliphatic rings. The van der Waals surface area contributed by atoms with Gasteiger partial charge in [-0.1, -0.05) is 71.4 Å². The van der Waals surface area contributed by atoms with Crippen LogP contribution < -0.4 is 0 Å². The molecule has 0 radical (unpaired) electrons. The van der Waals surface area contributed by atoms with Crippen LogP contribution in [0.1, 0.15) is 64.7 Å². The fraction of sp³-hybridized carbons (Fsp3) is 1.00. The average molecular weight is 238 g/mol. The predicted molar refractivity (Wildman–Crippen MR) is 75.7 cm³/mol. The zero-order valence-corrected chi connectivity index (χ0v) is 12.6. The van der Waals surface area contributed by atoms with E-state index in [1.54, 1.807) is 32.1 Å². The Morgan fingerprint density at radius 3 is 2.25 bits per heavy atom. The van der Waals surface area contributed by atoms with Gasteiger partial charge in [0.2, 0.25) is 0 Å². The Labute approximate surface area is 103 Å². The smallest absolute Gasteiger partial charge is 0.0536 e. The highest BCUT2D eigenvalue weighted by molar-refractivity contribution is 6.80. The Balaban J connectivity index is 1.91. The van der Waals surface area contributed by atoms with Crippen molar-refractivity contribution in [1.82, 2.24) is 0 Å². The second-order valence-corrected chi connectivity index (χ2v) is 12.2. The Hall–Kier alpha value is 0.217. The van der Waals surface area contributed by atoms with Gasteiger partial charge in [0.25, 0.3) is 0 Å². The third-order valence-corrected chi connectivity index (χ3v) is 11.0. The highest BCUT2D eigenvalue weighted by Gasteiger charge is 2.42. The third kappa shape index (κ3) is 2.55. The van der Waals surface area contributed by atoms with Crippen molar-refractivity contribution in [2.75, 3.05) is 0 Å². The summed E-state index contributed by atoms with van der Waals surface area (Å²) in [5, 5.41) is 0. The Morgan fingerprint density at radius 2 is 1.62 bits per heavy atom. The monoisotopic (exact) mass is 238 g/mol. The molecule has 0 saturated heterocycles. The van der Waals surface area contributed by atoms with Crippen LogP contribution in [-0.4, -0.2) is 8.07 Å². The summed E-state index contributed by atoms with van der Waals surface area (Å²) in [7, 11) is -0.908. The van der Waals surface area contributed by atoms with E-state index in [0.29, 0.717) is 0 Å². The zero-order valence-electron chi connectivity index (χ0n) is 11.6. The minimum Gasteiger partial charge on any atom is -0.0689 e. The van der Waals surface area contributed by atoms with Crippen molar-refractivity contribution in [3.63, 3.8) is 0 Å². The van der Waals surface area contributed by atoms with Gasteiger partial charge in [-0.2, -0.15) is 0 Å². The van der Waals surface area contributed by atoms with Crippen molar-refractivity contribution >= 4 is 8.07 Å². The van der Waals surface area contributed by atoms with E-state index in [-0.39, 0.29) is 0 Å². The third-order valence-electron chi connectivity index (χ3n) is 5.70. The summed E-state index contributed by atoms with van der Waals surface area (Å²) in [5.74, 6) is 1.10. The largest absolute Gasteiger partial charge is 0.0689 e. The van der Waals surface area contributed by atoms with E-state index < -0.39 is 8.07 Å². The molecule has 2 aliphatic carbocycles. The van der Waals surface area contributed by atoms with Gasteiger partial charge in [-0.05, 0) is 23.4 Å². The maximum atomic E-state index is 2.71. The summed E-state index contributed by atoms with van der Waals surface area (Å²) in [6.07, 6.45) is 13.9. The van der Waals surface area contributed by atoms with Gasteiger partial charge in [0.15, 0.2) is 0 Å². The van der Waals surface area contributed by atoms with E-state index >= 15 is 0 Å². The standard InChI is InChI=1S/C15H30Si/c1-4-7-13-10-11-15(12-13)16(2,3)14-8-5-6-9-14/h13-15H,4-12H2,1-3H3. The van der Waals surface area contributed by atoms with Gasteiger partial charge in [-0.15, -0.1) is 0 Å². The van der Waals surface area contributed by atoms with Crippen molar-refractivity contribution in [3.8, 4) is 0 Å². The molecule has 2 saturated carbocycles. The van der Waals surface area contributed by atoms with Gasteiger partial charge < -0.3 is 0 Å². The van der Waals surface area contributed by atoms with Gasteiger partial charge in [0.05, 0.1) is 8.07 Å². The fourth-order valence-electron chi connectivity index (χ4n) is 4.42. The molecule has 2 unspecified atom stereocenters. The van der Waals surface area contributed by atoms with E-state index in [1.165, 1.54) is 36.8 Å². The van der Waals surface area contributed by atoms with E-state index in [2.05, 4.69) is 20.0 Å². The quantitative estimate of drug-likeness (QED) is 0.558. The average Bonchev–Trinajstić information content (AvgIpc) is 2.88. The molecular formula is C15H30Si. The normalized spacial score (nSPS) is 32.4. The van der Waals surface area contributed by atoms with E-state index in [4.69, 9.17) is 0 Å². The fourth-order valence-corrected chi connectivity index (χ4v) is 8.84. The van der Waals surface area contributed by atoms with Crippen LogP contribution in [0.4, 0.5) is 0 Å². The van der Waals surface area contributed by atoms with E-state index in [0.717, 1.165) is 5.92 Å². The lowest BCUT2D eigenvalue weighted by atomic mass is 10.0. The first kappa shape index (κ1) is 12.7. The highest BCUT2D eigenvalue weighted by atomic mass is 28.3.